The predicted octanol–water partition coefficient (Wildman–Crippen LogP) is 2.04. The van der Waals surface area contributed by atoms with E-state index in [0.717, 1.165) is 11.1 Å². The lowest BCUT2D eigenvalue weighted by molar-refractivity contribution is -0.162. The van der Waals surface area contributed by atoms with E-state index in [1.165, 1.54) is 0 Å². The van der Waals surface area contributed by atoms with Crippen molar-refractivity contribution in [3.05, 3.63) is 35.4 Å². The van der Waals surface area contributed by atoms with Gasteiger partial charge < -0.3 is 15.7 Å². The van der Waals surface area contributed by atoms with Gasteiger partial charge in [-0.1, -0.05) is 24.3 Å². The number of carbonyl (C=O) groups excluding carboxylic acids is 1. The number of fused-ring (bicyclic) bond motifs is 1. The zero-order valence-corrected chi connectivity index (χ0v) is 11.1. The molecule has 0 radical (unpaired) electrons. The lowest BCUT2D eigenvalue weighted by Gasteiger charge is -2.24. The van der Waals surface area contributed by atoms with Crippen molar-refractivity contribution in [2.75, 3.05) is 0 Å². The van der Waals surface area contributed by atoms with Crippen molar-refractivity contribution in [3.8, 4) is 0 Å². The van der Waals surface area contributed by atoms with E-state index in [1.807, 2.05) is 17.4 Å². The molecule has 2 atom stereocenters. The van der Waals surface area contributed by atoms with Gasteiger partial charge in [0.1, 0.15) is 5.54 Å². The monoisotopic (exact) mass is 300 g/mol. The van der Waals surface area contributed by atoms with Crippen molar-refractivity contribution in [1.29, 1.82) is 0 Å². The number of urea groups is 1. The number of hydrogen-bond donors (Lipinski definition) is 3. The number of amides is 2. The van der Waals surface area contributed by atoms with Gasteiger partial charge >= 0.3 is 12.2 Å². The summed E-state index contributed by atoms with van der Waals surface area (Å²) in [5, 5.41) is 14.4. The largest absolute Gasteiger partial charge is 0.411 e. The zero-order chi connectivity index (χ0) is 15.3. The lowest BCUT2D eigenvalue weighted by atomic mass is 10.1. The summed E-state index contributed by atoms with van der Waals surface area (Å²) in [5.74, 6) is 0. The first kappa shape index (κ1) is 14.2. The Labute approximate surface area is 119 Å². The number of carbonyl (C=O) groups is 1. The highest BCUT2D eigenvalue weighted by Gasteiger charge is 2.64. The SMILES string of the molecule is O=C(N[C@@H]1c2ccccc2C[C@@H]1O)NC1(C(F)(F)F)CC1. The van der Waals surface area contributed by atoms with Gasteiger partial charge in [-0.05, 0) is 24.0 Å². The summed E-state index contributed by atoms with van der Waals surface area (Å²) in [6.45, 7) is 0. The molecule has 3 rings (SSSR count). The van der Waals surface area contributed by atoms with Crippen LogP contribution in [0.25, 0.3) is 0 Å². The number of rotatable bonds is 2. The van der Waals surface area contributed by atoms with Crippen molar-refractivity contribution in [2.45, 2.75) is 43.1 Å². The Kier molecular flexibility index (Phi) is 3.12. The van der Waals surface area contributed by atoms with E-state index < -0.39 is 29.9 Å². The smallest absolute Gasteiger partial charge is 0.390 e. The number of nitrogens with one attached hydrogen (secondary N) is 2. The fourth-order valence-electron chi connectivity index (χ4n) is 2.75. The Balaban J connectivity index is 1.69. The Morgan fingerprint density at radius 3 is 2.57 bits per heavy atom. The predicted molar refractivity (Wildman–Crippen MR) is 68.6 cm³/mol. The van der Waals surface area contributed by atoms with Gasteiger partial charge in [-0.25, -0.2) is 4.79 Å². The first-order chi connectivity index (χ1) is 9.82. The van der Waals surface area contributed by atoms with Gasteiger partial charge in [0.2, 0.25) is 0 Å². The first-order valence-electron chi connectivity index (χ1n) is 6.74. The fraction of sp³-hybridized carbons (Fsp3) is 0.500. The van der Waals surface area contributed by atoms with Crippen LogP contribution < -0.4 is 10.6 Å². The minimum absolute atomic E-state index is 0.103. The van der Waals surface area contributed by atoms with Crippen LogP contribution in [0.4, 0.5) is 18.0 Å². The molecule has 114 valence electrons. The molecule has 1 fully saturated rings. The maximum absolute atomic E-state index is 12.8. The second kappa shape index (κ2) is 4.62. The Morgan fingerprint density at radius 1 is 1.29 bits per heavy atom. The van der Waals surface area contributed by atoms with E-state index in [0.29, 0.717) is 6.42 Å². The van der Waals surface area contributed by atoms with Gasteiger partial charge in [0.25, 0.3) is 0 Å². The van der Waals surface area contributed by atoms with Crippen LogP contribution in [0.2, 0.25) is 0 Å². The molecule has 2 aliphatic carbocycles. The highest BCUT2D eigenvalue weighted by Crippen LogP contribution is 2.48. The van der Waals surface area contributed by atoms with Crippen LogP contribution in [0.5, 0.6) is 0 Å². The van der Waals surface area contributed by atoms with E-state index >= 15 is 0 Å². The molecule has 0 heterocycles. The molecular formula is C14H15F3N2O2. The average molecular weight is 300 g/mol. The summed E-state index contributed by atoms with van der Waals surface area (Å²) in [6, 6.07) is 5.60. The molecule has 0 aromatic heterocycles. The van der Waals surface area contributed by atoms with Gasteiger partial charge in [0.15, 0.2) is 0 Å². The summed E-state index contributed by atoms with van der Waals surface area (Å²) in [6.07, 6.45) is -5.10. The number of hydrogen-bond acceptors (Lipinski definition) is 2. The standard InChI is InChI=1S/C14H15F3N2O2/c15-14(16,17)13(5-6-13)19-12(21)18-11-9-4-2-1-3-8(9)7-10(11)20/h1-4,10-11,20H,5-7H2,(H2,18,19,21)/t10-,11+/m0/s1. The molecule has 3 N–H and O–H groups in total. The molecule has 1 aromatic rings. The fourth-order valence-corrected chi connectivity index (χ4v) is 2.75. The number of aliphatic hydroxyl groups is 1. The van der Waals surface area contributed by atoms with Gasteiger partial charge in [-0.2, -0.15) is 13.2 Å². The highest BCUT2D eigenvalue weighted by molar-refractivity contribution is 5.76. The molecule has 0 unspecified atom stereocenters. The van der Waals surface area contributed by atoms with Gasteiger partial charge in [-0.3, -0.25) is 0 Å². The van der Waals surface area contributed by atoms with Crippen molar-refractivity contribution < 1.29 is 23.1 Å². The molecular weight excluding hydrogens is 285 g/mol. The molecule has 1 saturated carbocycles. The number of benzene rings is 1. The van der Waals surface area contributed by atoms with E-state index in [4.69, 9.17) is 0 Å². The summed E-state index contributed by atoms with van der Waals surface area (Å²) < 4.78 is 38.4. The molecule has 2 aliphatic rings. The van der Waals surface area contributed by atoms with Crippen LogP contribution in [-0.2, 0) is 6.42 Å². The Bertz CT molecular complexity index is 570. The Hall–Kier alpha value is -1.76. The van der Waals surface area contributed by atoms with E-state index in [2.05, 4.69) is 5.32 Å². The van der Waals surface area contributed by atoms with Crippen LogP contribution in [-0.4, -0.2) is 29.0 Å². The normalized spacial score (nSPS) is 26.1. The Morgan fingerprint density at radius 2 is 1.95 bits per heavy atom. The third-order valence-electron chi connectivity index (χ3n) is 4.14. The lowest BCUT2D eigenvalue weighted by Crippen LogP contribution is -2.52. The maximum atomic E-state index is 12.8. The third-order valence-corrected chi connectivity index (χ3v) is 4.14. The first-order valence-corrected chi connectivity index (χ1v) is 6.74. The molecule has 2 amide bonds. The second-order valence-electron chi connectivity index (χ2n) is 5.63. The van der Waals surface area contributed by atoms with Gasteiger partial charge in [-0.15, -0.1) is 0 Å². The second-order valence-corrected chi connectivity index (χ2v) is 5.63. The van der Waals surface area contributed by atoms with Gasteiger partial charge in [0.05, 0.1) is 12.1 Å². The molecule has 1 aromatic carbocycles. The third kappa shape index (κ3) is 2.46. The molecule has 0 bridgehead atoms. The van der Waals surface area contributed by atoms with Crippen LogP contribution in [0, 0.1) is 0 Å². The van der Waals surface area contributed by atoms with Crippen LogP contribution in [0.3, 0.4) is 0 Å². The van der Waals surface area contributed by atoms with Crippen LogP contribution in [0.15, 0.2) is 24.3 Å². The molecule has 21 heavy (non-hydrogen) atoms. The summed E-state index contributed by atoms with van der Waals surface area (Å²) in [7, 11) is 0. The molecule has 0 aliphatic heterocycles. The highest BCUT2D eigenvalue weighted by atomic mass is 19.4. The quantitative estimate of drug-likeness (QED) is 0.783. The zero-order valence-electron chi connectivity index (χ0n) is 11.1. The van der Waals surface area contributed by atoms with Gasteiger partial charge in [0, 0.05) is 6.42 Å². The molecule has 7 heteroatoms. The molecule has 4 nitrogen and oxygen atoms in total. The summed E-state index contributed by atoms with van der Waals surface area (Å²) in [5.41, 5.74) is -0.454. The maximum Gasteiger partial charge on any atom is 0.411 e. The van der Waals surface area contributed by atoms with Crippen molar-refractivity contribution in [2.24, 2.45) is 0 Å². The van der Waals surface area contributed by atoms with Crippen molar-refractivity contribution in [3.63, 3.8) is 0 Å². The number of halogens is 3. The van der Waals surface area contributed by atoms with E-state index in [1.54, 1.807) is 12.1 Å². The summed E-state index contributed by atoms with van der Waals surface area (Å²) >= 11 is 0. The van der Waals surface area contributed by atoms with Crippen molar-refractivity contribution in [1.82, 2.24) is 10.6 Å². The number of aliphatic hydroxyl groups excluding tert-OH is 1. The van der Waals surface area contributed by atoms with Crippen LogP contribution >= 0.6 is 0 Å². The molecule has 0 saturated heterocycles. The minimum Gasteiger partial charge on any atom is -0.390 e. The van der Waals surface area contributed by atoms with Crippen molar-refractivity contribution >= 4 is 6.03 Å². The number of alkyl halides is 3. The van der Waals surface area contributed by atoms with E-state index in [-0.39, 0.29) is 12.8 Å². The molecule has 0 spiro atoms. The topological polar surface area (TPSA) is 61.4 Å². The van der Waals surface area contributed by atoms with Crippen LogP contribution in [0.1, 0.15) is 30.0 Å². The minimum atomic E-state index is -4.45. The van der Waals surface area contributed by atoms with E-state index in [9.17, 15) is 23.1 Å². The summed E-state index contributed by atoms with van der Waals surface area (Å²) in [4.78, 5) is 11.8. The average Bonchev–Trinajstić information content (AvgIpc) is 3.11.